The number of non-ortho nitro benzene ring substituents is 1. The first-order valence-electron chi connectivity index (χ1n) is 4.78. The van der Waals surface area contributed by atoms with Crippen molar-refractivity contribution in [2.75, 3.05) is 23.5 Å². The molecule has 0 aliphatic carbocycles. The van der Waals surface area contributed by atoms with Crippen molar-refractivity contribution in [2.45, 2.75) is 0 Å². The van der Waals surface area contributed by atoms with E-state index in [0.717, 1.165) is 4.90 Å². The van der Waals surface area contributed by atoms with Gasteiger partial charge in [0.1, 0.15) is 6.09 Å². The molecule has 0 unspecified atom stereocenters. The third-order valence-corrected chi connectivity index (χ3v) is 2.70. The molecular formula is C10H11N2O4S-. The lowest BCUT2D eigenvalue weighted by Gasteiger charge is -2.24. The molecule has 17 heavy (non-hydrogen) atoms. The summed E-state index contributed by atoms with van der Waals surface area (Å²) in [6, 6.07) is 5.33. The summed E-state index contributed by atoms with van der Waals surface area (Å²) < 4.78 is 0. The quantitative estimate of drug-likeness (QED) is 0.581. The fourth-order valence-corrected chi connectivity index (χ4v) is 1.63. The zero-order valence-electron chi connectivity index (χ0n) is 9.16. The van der Waals surface area contributed by atoms with Gasteiger partial charge in [-0.05, 0) is 18.4 Å². The molecule has 7 heteroatoms. The van der Waals surface area contributed by atoms with Crippen LogP contribution >= 0.6 is 11.8 Å². The van der Waals surface area contributed by atoms with Gasteiger partial charge < -0.3 is 14.8 Å². The average molecular weight is 255 g/mol. The van der Waals surface area contributed by atoms with Crippen LogP contribution in [0.1, 0.15) is 0 Å². The SMILES string of the molecule is CSCCN(C(=O)[O-])c1ccc([N+](=O)[O-])cc1. The molecule has 0 bridgehead atoms. The highest BCUT2D eigenvalue weighted by molar-refractivity contribution is 7.98. The molecule has 1 rings (SSSR count). The van der Waals surface area contributed by atoms with Crippen molar-refractivity contribution in [1.82, 2.24) is 0 Å². The van der Waals surface area contributed by atoms with Crippen LogP contribution in [-0.4, -0.2) is 29.6 Å². The molecule has 1 aromatic rings. The highest BCUT2D eigenvalue weighted by Crippen LogP contribution is 2.19. The fraction of sp³-hybridized carbons (Fsp3) is 0.300. The van der Waals surface area contributed by atoms with Crippen LogP contribution in [0.2, 0.25) is 0 Å². The van der Waals surface area contributed by atoms with Gasteiger partial charge in [-0.15, -0.1) is 0 Å². The zero-order valence-corrected chi connectivity index (χ0v) is 9.98. The first-order chi connectivity index (χ1) is 8.06. The molecular weight excluding hydrogens is 244 g/mol. The second-order valence-corrected chi connectivity index (χ2v) is 4.17. The molecule has 1 amide bonds. The molecule has 0 saturated carbocycles. The third kappa shape index (κ3) is 3.63. The molecule has 0 heterocycles. The van der Waals surface area contributed by atoms with Crippen LogP contribution in [0.5, 0.6) is 0 Å². The Morgan fingerprint density at radius 1 is 1.41 bits per heavy atom. The molecule has 0 aliphatic heterocycles. The summed E-state index contributed by atoms with van der Waals surface area (Å²) in [4.78, 5) is 21.9. The Labute approximate surface area is 102 Å². The number of rotatable bonds is 5. The van der Waals surface area contributed by atoms with E-state index in [1.54, 1.807) is 0 Å². The Morgan fingerprint density at radius 2 is 2.00 bits per heavy atom. The van der Waals surface area contributed by atoms with Crippen LogP contribution in [0.15, 0.2) is 24.3 Å². The van der Waals surface area contributed by atoms with Crippen molar-refractivity contribution < 1.29 is 14.8 Å². The van der Waals surface area contributed by atoms with Crippen LogP contribution in [0.25, 0.3) is 0 Å². The number of hydrogen-bond donors (Lipinski definition) is 0. The van der Waals surface area contributed by atoms with Crippen molar-refractivity contribution in [2.24, 2.45) is 0 Å². The summed E-state index contributed by atoms with van der Waals surface area (Å²) >= 11 is 1.51. The molecule has 0 spiro atoms. The van der Waals surface area contributed by atoms with E-state index in [9.17, 15) is 20.0 Å². The van der Waals surface area contributed by atoms with E-state index >= 15 is 0 Å². The third-order valence-electron chi connectivity index (χ3n) is 2.11. The minimum atomic E-state index is -1.31. The maximum absolute atomic E-state index is 10.9. The minimum absolute atomic E-state index is 0.0723. The largest absolute Gasteiger partial charge is 0.530 e. The number of thioether (sulfide) groups is 1. The molecule has 92 valence electrons. The highest BCUT2D eigenvalue weighted by atomic mass is 32.2. The number of anilines is 1. The first kappa shape index (κ1) is 13.3. The van der Waals surface area contributed by atoms with E-state index in [-0.39, 0.29) is 5.69 Å². The van der Waals surface area contributed by atoms with Crippen molar-refractivity contribution in [3.63, 3.8) is 0 Å². The van der Waals surface area contributed by atoms with Gasteiger partial charge in [0, 0.05) is 30.1 Å². The van der Waals surface area contributed by atoms with Gasteiger partial charge in [-0.3, -0.25) is 10.1 Å². The number of benzene rings is 1. The minimum Gasteiger partial charge on any atom is -0.530 e. The number of carboxylic acid groups (broad SMARTS) is 1. The van der Waals surface area contributed by atoms with Crippen LogP contribution in [0.3, 0.4) is 0 Å². The molecule has 6 nitrogen and oxygen atoms in total. The van der Waals surface area contributed by atoms with Gasteiger partial charge >= 0.3 is 0 Å². The summed E-state index contributed by atoms with van der Waals surface area (Å²) in [5.41, 5.74) is 0.307. The van der Waals surface area contributed by atoms with E-state index in [2.05, 4.69) is 0 Å². The van der Waals surface area contributed by atoms with E-state index < -0.39 is 11.0 Å². The monoisotopic (exact) mass is 255 g/mol. The number of nitro benzene ring substituents is 1. The summed E-state index contributed by atoms with van der Waals surface area (Å²) in [5.74, 6) is 0.630. The van der Waals surface area contributed by atoms with Gasteiger partial charge in [-0.25, -0.2) is 0 Å². The number of hydrogen-bond acceptors (Lipinski definition) is 5. The molecule has 0 atom stereocenters. The topological polar surface area (TPSA) is 86.5 Å². The van der Waals surface area contributed by atoms with E-state index in [1.807, 2.05) is 6.26 Å². The van der Waals surface area contributed by atoms with Gasteiger partial charge in [0.15, 0.2) is 0 Å². The number of carbonyl (C=O) groups excluding carboxylic acids is 1. The van der Waals surface area contributed by atoms with Gasteiger partial charge in [0.25, 0.3) is 5.69 Å². The fourth-order valence-electron chi connectivity index (χ4n) is 1.26. The molecule has 0 aliphatic rings. The Balaban J connectivity index is 2.87. The van der Waals surface area contributed by atoms with Gasteiger partial charge in [-0.1, -0.05) is 0 Å². The Bertz CT molecular complexity index is 407. The number of amides is 1. The molecule has 0 aromatic heterocycles. The van der Waals surface area contributed by atoms with Crippen molar-refractivity contribution in [3.05, 3.63) is 34.4 Å². The second-order valence-electron chi connectivity index (χ2n) is 3.18. The molecule has 0 radical (unpaired) electrons. The Kier molecular flexibility index (Phi) is 4.77. The number of nitro groups is 1. The Morgan fingerprint density at radius 3 is 2.41 bits per heavy atom. The van der Waals surface area contributed by atoms with Gasteiger partial charge in [-0.2, -0.15) is 11.8 Å². The van der Waals surface area contributed by atoms with E-state index in [4.69, 9.17) is 0 Å². The van der Waals surface area contributed by atoms with Gasteiger partial charge in [0.2, 0.25) is 0 Å². The molecule has 0 fully saturated rings. The van der Waals surface area contributed by atoms with Crippen molar-refractivity contribution >= 4 is 29.2 Å². The van der Waals surface area contributed by atoms with E-state index in [0.29, 0.717) is 18.0 Å². The summed E-state index contributed by atoms with van der Waals surface area (Å²) in [5, 5.41) is 21.3. The van der Waals surface area contributed by atoms with E-state index in [1.165, 1.54) is 36.0 Å². The molecule has 0 N–H and O–H groups in total. The molecule has 0 saturated heterocycles. The van der Waals surface area contributed by atoms with Gasteiger partial charge in [0.05, 0.1) is 4.92 Å². The lowest BCUT2D eigenvalue weighted by atomic mass is 10.2. The lowest BCUT2D eigenvalue weighted by Crippen LogP contribution is -2.42. The molecule has 1 aromatic carbocycles. The maximum Gasteiger partial charge on any atom is 0.269 e. The average Bonchev–Trinajstić information content (AvgIpc) is 2.29. The van der Waals surface area contributed by atoms with Crippen molar-refractivity contribution in [1.29, 1.82) is 0 Å². The summed E-state index contributed by atoms with van der Waals surface area (Å²) in [6.07, 6.45) is 0.552. The van der Waals surface area contributed by atoms with Crippen LogP contribution < -0.4 is 10.0 Å². The predicted octanol–water partition coefficient (Wildman–Crippen LogP) is 1.11. The second kappa shape index (κ2) is 6.09. The Hall–Kier alpha value is -1.76. The smallest absolute Gasteiger partial charge is 0.269 e. The highest BCUT2D eigenvalue weighted by Gasteiger charge is 2.10. The van der Waals surface area contributed by atoms with Crippen LogP contribution in [0.4, 0.5) is 16.2 Å². The maximum atomic E-state index is 10.9. The predicted molar refractivity (Wildman–Crippen MR) is 64.2 cm³/mol. The summed E-state index contributed by atoms with van der Waals surface area (Å²) in [6.45, 7) is 0.293. The number of carbonyl (C=O) groups is 1. The van der Waals surface area contributed by atoms with Crippen LogP contribution in [0, 0.1) is 10.1 Å². The zero-order chi connectivity index (χ0) is 12.8. The number of nitrogens with zero attached hydrogens (tertiary/aromatic N) is 2. The standard InChI is InChI=1S/C10H12N2O4S/c1-17-7-6-11(10(13)14)8-2-4-9(5-3-8)12(15)16/h2-5H,6-7H2,1H3,(H,13,14)/p-1. The van der Waals surface area contributed by atoms with Crippen molar-refractivity contribution in [3.8, 4) is 0 Å². The van der Waals surface area contributed by atoms with Crippen LogP contribution in [-0.2, 0) is 0 Å². The normalized spacial score (nSPS) is 9.94. The lowest BCUT2D eigenvalue weighted by molar-refractivity contribution is -0.384. The first-order valence-corrected chi connectivity index (χ1v) is 6.17. The summed E-state index contributed by atoms with van der Waals surface area (Å²) in [7, 11) is 0.